The number of carbonyl (C=O) groups excluding carboxylic acids is 2. The largest absolute Gasteiger partial charge is 0.491 e. The first kappa shape index (κ1) is 18.8. The van der Waals surface area contributed by atoms with Crippen LogP contribution in [0.3, 0.4) is 0 Å². The van der Waals surface area contributed by atoms with E-state index < -0.39 is 17.6 Å². The molecule has 142 valence electrons. The highest BCUT2D eigenvalue weighted by atomic mass is 19.4. The second kappa shape index (κ2) is 7.30. The molecule has 1 N–H and O–H groups in total. The van der Waals surface area contributed by atoms with Crippen LogP contribution < -0.4 is 10.1 Å². The van der Waals surface area contributed by atoms with Crippen LogP contribution in [0.4, 0.5) is 18.9 Å². The van der Waals surface area contributed by atoms with E-state index in [0.717, 1.165) is 12.1 Å². The second-order valence-electron chi connectivity index (χ2n) is 5.98. The number of amides is 2. The topological polar surface area (TPSA) is 58.6 Å². The SMILES string of the molecule is CCN1CCOc2ccc(NC(=O)c3cccc(C(F)(F)F)c3)cc2C1=O. The lowest BCUT2D eigenvalue weighted by Crippen LogP contribution is -2.32. The number of fused-ring (bicyclic) bond motifs is 1. The molecule has 0 unspecified atom stereocenters. The summed E-state index contributed by atoms with van der Waals surface area (Å²) in [5.74, 6) is -0.511. The lowest BCUT2D eigenvalue weighted by atomic mass is 10.1. The van der Waals surface area contributed by atoms with Crippen LogP contribution in [0.25, 0.3) is 0 Å². The van der Waals surface area contributed by atoms with Gasteiger partial charge < -0.3 is 15.0 Å². The van der Waals surface area contributed by atoms with Gasteiger partial charge in [0.2, 0.25) is 0 Å². The van der Waals surface area contributed by atoms with Crippen LogP contribution >= 0.6 is 0 Å². The van der Waals surface area contributed by atoms with Crippen molar-refractivity contribution in [3.05, 3.63) is 59.2 Å². The lowest BCUT2D eigenvalue weighted by Gasteiger charge is -2.17. The third-order valence-electron chi connectivity index (χ3n) is 4.21. The Bertz CT molecular complexity index is 881. The fraction of sp³-hybridized carbons (Fsp3) is 0.263. The van der Waals surface area contributed by atoms with Gasteiger partial charge >= 0.3 is 6.18 Å². The summed E-state index contributed by atoms with van der Waals surface area (Å²) in [4.78, 5) is 26.5. The number of nitrogens with one attached hydrogen (secondary N) is 1. The zero-order valence-electron chi connectivity index (χ0n) is 14.5. The number of hydrogen-bond donors (Lipinski definition) is 1. The third-order valence-corrected chi connectivity index (χ3v) is 4.21. The fourth-order valence-corrected chi connectivity index (χ4v) is 2.78. The summed E-state index contributed by atoms with van der Waals surface area (Å²) in [6, 6.07) is 8.72. The van der Waals surface area contributed by atoms with Crippen LogP contribution in [0, 0.1) is 0 Å². The monoisotopic (exact) mass is 378 g/mol. The minimum atomic E-state index is -4.53. The molecule has 0 radical (unpaired) electrons. The van der Waals surface area contributed by atoms with Crippen LogP contribution in [-0.2, 0) is 6.18 Å². The minimum Gasteiger partial charge on any atom is -0.491 e. The Morgan fingerprint density at radius 3 is 2.70 bits per heavy atom. The standard InChI is InChI=1S/C19H17F3N2O3/c1-2-24-8-9-27-16-7-6-14(11-15(16)18(24)26)23-17(25)12-4-3-5-13(10-12)19(20,21)22/h3-7,10-11H,2,8-9H2,1H3,(H,23,25). The minimum absolute atomic E-state index is 0.127. The maximum atomic E-state index is 12.8. The number of anilines is 1. The van der Waals surface area contributed by atoms with Crippen molar-refractivity contribution in [3.63, 3.8) is 0 Å². The molecule has 1 aliphatic heterocycles. The van der Waals surface area contributed by atoms with Crippen molar-refractivity contribution in [2.45, 2.75) is 13.1 Å². The molecule has 2 aromatic rings. The van der Waals surface area contributed by atoms with Gasteiger partial charge in [0.05, 0.1) is 17.7 Å². The summed E-state index contributed by atoms with van der Waals surface area (Å²) < 4.78 is 44.0. The first-order valence-corrected chi connectivity index (χ1v) is 8.34. The van der Waals surface area contributed by atoms with Gasteiger partial charge in [-0.05, 0) is 43.3 Å². The smallest absolute Gasteiger partial charge is 0.416 e. The summed E-state index contributed by atoms with van der Waals surface area (Å²) in [5, 5.41) is 2.53. The molecule has 2 aromatic carbocycles. The molecular formula is C19H17F3N2O3. The van der Waals surface area contributed by atoms with E-state index in [9.17, 15) is 22.8 Å². The number of carbonyl (C=O) groups is 2. The summed E-state index contributed by atoms with van der Waals surface area (Å²) in [6.45, 7) is 3.18. The predicted molar refractivity (Wildman–Crippen MR) is 92.9 cm³/mol. The van der Waals surface area contributed by atoms with E-state index in [1.54, 1.807) is 17.0 Å². The van der Waals surface area contributed by atoms with E-state index in [2.05, 4.69) is 5.32 Å². The van der Waals surface area contributed by atoms with Crippen molar-refractivity contribution in [1.29, 1.82) is 0 Å². The molecular weight excluding hydrogens is 361 g/mol. The zero-order chi connectivity index (χ0) is 19.6. The molecule has 0 aromatic heterocycles. The average Bonchev–Trinajstić information content (AvgIpc) is 2.80. The van der Waals surface area contributed by atoms with Gasteiger partial charge in [0, 0.05) is 17.8 Å². The predicted octanol–water partition coefficient (Wildman–Crippen LogP) is 3.81. The van der Waals surface area contributed by atoms with Gasteiger partial charge in [-0.2, -0.15) is 13.2 Å². The second-order valence-corrected chi connectivity index (χ2v) is 5.98. The number of nitrogens with zero attached hydrogens (tertiary/aromatic N) is 1. The van der Waals surface area contributed by atoms with E-state index in [1.165, 1.54) is 18.2 Å². The Morgan fingerprint density at radius 2 is 2.00 bits per heavy atom. The summed E-state index contributed by atoms with van der Waals surface area (Å²) in [6.07, 6.45) is -4.53. The number of benzene rings is 2. The van der Waals surface area contributed by atoms with E-state index in [0.29, 0.717) is 36.7 Å². The molecule has 8 heteroatoms. The van der Waals surface area contributed by atoms with Gasteiger partial charge in [-0.25, -0.2) is 0 Å². The molecule has 0 aliphatic carbocycles. The molecule has 1 heterocycles. The van der Waals surface area contributed by atoms with Crippen LogP contribution in [0.15, 0.2) is 42.5 Å². The highest BCUT2D eigenvalue weighted by Gasteiger charge is 2.31. The van der Waals surface area contributed by atoms with Gasteiger partial charge in [-0.3, -0.25) is 9.59 Å². The number of halogens is 3. The van der Waals surface area contributed by atoms with Crippen molar-refractivity contribution in [3.8, 4) is 5.75 Å². The lowest BCUT2D eigenvalue weighted by molar-refractivity contribution is -0.137. The Balaban J connectivity index is 1.85. The quantitative estimate of drug-likeness (QED) is 0.884. The molecule has 0 saturated carbocycles. The average molecular weight is 378 g/mol. The first-order chi connectivity index (χ1) is 12.8. The van der Waals surface area contributed by atoms with E-state index >= 15 is 0 Å². The Kier molecular flexibility index (Phi) is 5.07. The third kappa shape index (κ3) is 4.05. The number of alkyl halides is 3. The van der Waals surface area contributed by atoms with Crippen molar-refractivity contribution >= 4 is 17.5 Å². The molecule has 0 bridgehead atoms. The van der Waals surface area contributed by atoms with Gasteiger partial charge in [0.15, 0.2) is 0 Å². The molecule has 27 heavy (non-hydrogen) atoms. The number of rotatable bonds is 3. The Hall–Kier alpha value is -3.03. The number of ether oxygens (including phenoxy) is 1. The Morgan fingerprint density at radius 1 is 1.22 bits per heavy atom. The maximum Gasteiger partial charge on any atom is 0.416 e. The molecule has 3 rings (SSSR count). The van der Waals surface area contributed by atoms with E-state index in [-0.39, 0.29) is 11.5 Å². The summed E-state index contributed by atoms with van der Waals surface area (Å²) in [5.41, 5.74) is -0.431. The molecule has 1 aliphatic rings. The molecule has 0 atom stereocenters. The molecule has 2 amide bonds. The van der Waals surface area contributed by atoms with Crippen molar-refractivity contribution in [2.24, 2.45) is 0 Å². The van der Waals surface area contributed by atoms with Crippen molar-refractivity contribution < 1.29 is 27.5 Å². The molecule has 0 spiro atoms. The highest BCUT2D eigenvalue weighted by molar-refractivity contribution is 6.05. The fourth-order valence-electron chi connectivity index (χ4n) is 2.78. The summed E-state index contributed by atoms with van der Waals surface area (Å²) >= 11 is 0. The van der Waals surface area contributed by atoms with Crippen LogP contribution in [-0.4, -0.2) is 36.4 Å². The first-order valence-electron chi connectivity index (χ1n) is 8.34. The normalized spacial score (nSPS) is 14.2. The van der Waals surface area contributed by atoms with Crippen molar-refractivity contribution in [2.75, 3.05) is 25.0 Å². The molecule has 0 fully saturated rings. The zero-order valence-corrected chi connectivity index (χ0v) is 14.5. The van der Waals surface area contributed by atoms with Crippen molar-refractivity contribution in [1.82, 2.24) is 4.90 Å². The van der Waals surface area contributed by atoms with Crippen LogP contribution in [0.2, 0.25) is 0 Å². The van der Waals surface area contributed by atoms with Crippen LogP contribution in [0.1, 0.15) is 33.2 Å². The molecule has 0 saturated heterocycles. The highest BCUT2D eigenvalue weighted by Crippen LogP contribution is 2.30. The van der Waals surface area contributed by atoms with Gasteiger partial charge in [-0.1, -0.05) is 6.07 Å². The molecule has 5 nitrogen and oxygen atoms in total. The van der Waals surface area contributed by atoms with Gasteiger partial charge in [0.1, 0.15) is 12.4 Å². The van der Waals surface area contributed by atoms with Crippen LogP contribution in [0.5, 0.6) is 5.75 Å². The van der Waals surface area contributed by atoms with E-state index in [1.807, 2.05) is 6.92 Å². The Labute approximate surface area is 153 Å². The number of likely N-dealkylation sites (N-methyl/N-ethyl adjacent to an activating group) is 1. The number of hydrogen-bond acceptors (Lipinski definition) is 3. The van der Waals surface area contributed by atoms with Gasteiger partial charge in [-0.15, -0.1) is 0 Å². The summed E-state index contributed by atoms with van der Waals surface area (Å²) in [7, 11) is 0. The maximum absolute atomic E-state index is 12.8. The van der Waals surface area contributed by atoms with Gasteiger partial charge in [0.25, 0.3) is 11.8 Å². The van der Waals surface area contributed by atoms with E-state index in [4.69, 9.17) is 4.74 Å².